The second kappa shape index (κ2) is 6.35. The first kappa shape index (κ1) is 14.2. The molecular formula is C18H17N3O. The summed E-state index contributed by atoms with van der Waals surface area (Å²) >= 11 is 0. The smallest absolute Gasteiger partial charge is 0.265 e. The molecule has 0 saturated carbocycles. The summed E-state index contributed by atoms with van der Waals surface area (Å²) in [6.45, 7) is 4.27. The number of ether oxygens (including phenoxy) is 1. The molecule has 3 aromatic rings. The SMILES string of the molecule is CC(C)c1ccccc1Oc1nncnc1-c1ccccc1. The van der Waals surface area contributed by atoms with E-state index >= 15 is 0 Å². The fourth-order valence-corrected chi connectivity index (χ4v) is 2.28. The van der Waals surface area contributed by atoms with Gasteiger partial charge in [-0.05, 0) is 17.5 Å². The van der Waals surface area contributed by atoms with Crippen molar-refractivity contribution in [1.29, 1.82) is 0 Å². The summed E-state index contributed by atoms with van der Waals surface area (Å²) in [5.74, 6) is 1.57. The minimum Gasteiger partial charge on any atom is -0.436 e. The molecule has 0 saturated heterocycles. The van der Waals surface area contributed by atoms with E-state index in [1.807, 2.05) is 48.5 Å². The van der Waals surface area contributed by atoms with Crippen molar-refractivity contribution < 1.29 is 4.74 Å². The highest BCUT2D eigenvalue weighted by Gasteiger charge is 2.14. The third-order valence-electron chi connectivity index (χ3n) is 3.38. The first-order valence-corrected chi connectivity index (χ1v) is 7.25. The first-order valence-electron chi connectivity index (χ1n) is 7.25. The standard InChI is InChI=1S/C18H17N3O/c1-13(2)15-10-6-7-11-16(15)22-18-17(19-12-20-21-18)14-8-4-3-5-9-14/h3-13H,1-2H3. The molecule has 4 heteroatoms. The normalized spacial score (nSPS) is 10.7. The molecule has 2 aromatic carbocycles. The van der Waals surface area contributed by atoms with Gasteiger partial charge in [0.25, 0.3) is 5.88 Å². The number of aromatic nitrogens is 3. The first-order chi connectivity index (χ1) is 10.8. The lowest BCUT2D eigenvalue weighted by Crippen LogP contribution is -1.99. The van der Waals surface area contributed by atoms with Crippen LogP contribution in [0.5, 0.6) is 11.6 Å². The van der Waals surface area contributed by atoms with Crippen molar-refractivity contribution in [3.8, 4) is 22.9 Å². The molecule has 0 fully saturated rings. The van der Waals surface area contributed by atoms with Gasteiger partial charge in [0.15, 0.2) is 0 Å². The van der Waals surface area contributed by atoms with Gasteiger partial charge >= 0.3 is 0 Å². The summed E-state index contributed by atoms with van der Waals surface area (Å²) in [6.07, 6.45) is 1.43. The second-order valence-corrected chi connectivity index (χ2v) is 5.27. The predicted octanol–water partition coefficient (Wildman–Crippen LogP) is 4.45. The molecule has 0 unspecified atom stereocenters. The summed E-state index contributed by atoms with van der Waals surface area (Å²) in [4.78, 5) is 4.32. The molecular weight excluding hydrogens is 274 g/mol. The molecule has 0 aliphatic heterocycles. The van der Waals surface area contributed by atoms with Crippen molar-refractivity contribution in [3.63, 3.8) is 0 Å². The second-order valence-electron chi connectivity index (χ2n) is 5.27. The Labute approximate surface area is 129 Å². The molecule has 0 atom stereocenters. The number of rotatable bonds is 4. The summed E-state index contributed by atoms with van der Waals surface area (Å²) in [5.41, 5.74) is 2.77. The monoisotopic (exact) mass is 291 g/mol. The highest BCUT2D eigenvalue weighted by atomic mass is 16.5. The summed E-state index contributed by atoms with van der Waals surface area (Å²) in [5, 5.41) is 7.97. The van der Waals surface area contributed by atoms with Crippen LogP contribution in [0.2, 0.25) is 0 Å². The largest absolute Gasteiger partial charge is 0.436 e. The van der Waals surface area contributed by atoms with Gasteiger partial charge in [0, 0.05) is 5.56 Å². The van der Waals surface area contributed by atoms with E-state index in [-0.39, 0.29) is 0 Å². The van der Waals surface area contributed by atoms with E-state index in [1.165, 1.54) is 6.33 Å². The van der Waals surface area contributed by atoms with Crippen LogP contribution in [0.1, 0.15) is 25.3 Å². The van der Waals surface area contributed by atoms with Gasteiger partial charge in [0.1, 0.15) is 17.8 Å². The van der Waals surface area contributed by atoms with Crippen LogP contribution in [0, 0.1) is 0 Å². The van der Waals surface area contributed by atoms with E-state index in [1.54, 1.807) is 0 Å². The number of nitrogens with zero attached hydrogens (tertiary/aromatic N) is 3. The molecule has 3 rings (SSSR count). The maximum atomic E-state index is 6.02. The molecule has 0 N–H and O–H groups in total. The Kier molecular flexibility index (Phi) is 4.10. The van der Waals surface area contributed by atoms with Crippen molar-refractivity contribution in [3.05, 3.63) is 66.5 Å². The highest BCUT2D eigenvalue weighted by molar-refractivity contribution is 5.64. The van der Waals surface area contributed by atoms with Gasteiger partial charge < -0.3 is 4.74 Å². The zero-order valence-corrected chi connectivity index (χ0v) is 12.6. The maximum Gasteiger partial charge on any atom is 0.265 e. The number of hydrogen-bond donors (Lipinski definition) is 0. The fraction of sp³-hybridized carbons (Fsp3) is 0.167. The predicted molar refractivity (Wildman–Crippen MR) is 85.9 cm³/mol. The third kappa shape index (κ3) is 2.96. The zero-order chi connectivity index (χ0) is 15.4. The van der Waals surface area contributed by atoms with Crippen LogP contribution >= 0.6 is 0 Å². The molecule has 22 heavy (non-hydrogen) atoms. The van der Waals surface area contributed by atoms with Crippen molar-refractivity contribution in [2.24, 2.45) is 0 Å². The molecule has 1 heterocycles. The van der Waals surface area contributed by atoms with Crippen molar-refractivity contribution in [2.75, 3.05) is 0 Å². The van der Waals surface area contributed by atoms with Crippen LogP contribution in [0.15, 0.2) is 60.9 Å². The van der Waals surface area contributed by atoms with Crippen LogP contribution in [0.3, 0.4) is 0 Å². The van der Waals surface area contributed by atoms with Crippen molar-refractivity contribution in [1.82, 2.24) is 15.2 Å². The van der Waals surface area contributed by atoms with Gasteiger partial charge in [0.2, 0.25) is 0 Å². The average Bonchev–Trinajstić information content (AvgIpc) is 2.56. The Morgan fingerprint density at radius 2 is 1.64 bits per heavy atom. The Bertz CT molecular complexity index is 757. The number of hydrogen-bond acceptors (Lipinski definition) is 4. The van der Waals surface area contributed by atoms with Crippen LogP contribution in [-0.4, -0.2) is 15.2 Å². The van der Waals surface area contributed by atoms with E-state index in [0.29, 0.717) is 17.5 Å². The van der Waals surface area contributed by atoms with Crippen LogP contribution in [0.25, 0.3) is 11.3 Å². The van der Waals surface area contributed by atoms with Crippen molar-refractivity contribution in [2.45, 2.75) is 19.8 Å². The Hall–Kier alpha value is -2.75. The lowest BCUT2D eigenvalue weighted by Gasteiger charge is -2.14. The highest BCUT2D eigenvalue weighted by Crippen LogP contribution is 2.33. The quantitative estimate of drug-likeness (QED) is 0.712. The van der Waals surface area contributed by atoms with E-state index in [4.69, 9.17) is 4.74 Å². The van der Waals surface area contributed by atoms with Gasteiger partial charge in [-0.25, -0.2) is 4.98 Å². The lowest BCUT2D eigenvalue weighted by atomic mass is 10.0. The van der Waals surface area contributed by atoms with E-state index in [0.717, 1.165) is 16.9 Å². The zero-order valence-electron chi connectivity index (χ0n) is 12.6. The summed E-state index contributed by atoms with van der Waals surface area (Å²) in [6, 6.07) is 17.8. The average molecular weight is 291 g/mol. The molecule has 0 amide bonds. The Balaban J connectivity index is 2.01. The summed E-state index contributed by atoms with van der Waals surface area (Å²) < 4.78 is 6.02. The fourth-order valence-electron chi connectivity index (χ4n) is 2.28. The van der Waals surface area contributed by atoms with Gasteiger partial charge in [-0.3, -0.25) is 0 Å². The van der Waals surface area contributed by atoms with E-state index < -0.39 is 0 Å². The molecule has 0 bridgehead atoms. The molecule has 110 valence electrons. The molecule has 0 aliphatic carbocycles. The minimum absolute atomic E-state index is 0.362. The molecule has 4 nitrogen and oxygen atoms in total. The molecule has 1 aromatic heterocycles. The maximum absolute atomic E-state index is 6.02. The van der Waals surface area contributed by atoms with Crippen molar-refractivity contribution >= 4 is 0 Å². The third-order valence-corrected chi connectivity index (χ3v) is 3.38. The topological polar surface area (TPSA) is 47.9 Å². The van der Waals surface area contributed by atoms with Gasteiger partial charge in [-0.15, -0.1) is 10.2 Å². The van der Waals surface area contributed by atoms with Crippen LogP contribution in [-0.2, 0) is 0 Å². The molecule has 0 aliphatic rings. The number of benzene rings is 2. The van der Waals surface area contributed by atoms with E-state index in [2.05, 4.69) is 35.1 Å². The molecule has 0 radical (unpaired) electrons. The lowest BCUT2D eigenvalue weighted by molar-refractivity contribution is 0.446. The summed E-state index contributed by atoms with van der Waals surface area (Å²) in [7, 11) is 0. The van der Waals surface area contributed by atoms with Crippen LogP contribution in [0.4, 0.5) is 0 Å². The Morgan fingerprint density at radius 1 is 0.909 bits per heavy atom. The van der Waals surface area contributed by atoms with E-state index in [9.17, 15) is 0 Å². The number of para-hydroxylation sites is 1. The van der Waals surface area contributed by atoms with Crippen LogP contribution < -0.4 is 4.74 Å². The van der Waals surface area contributed by atoms with Gasteiger partial charge in [-0.1, -0.05) is 62.4 Å². The van der Waals surface area contributed by atoms with Gasteiger partial charge in [0.05, 0.1) is 0 Å². The van der Waals surface area contributed by atoms with Gasteiger partial charge in [-0.2, -0.15) is 0 Å². The minimum atomic E-state index is 0.362. The Morgan fingerprint density at radius 3 is 2.41 bits per heavy atom. The molecule has 0 spiro atoms.